The summed E-state index contributed by atoms with van der Waals surface area (Å²) in [6.45, 7) is 2.87. The second-order valence-corrected chi connectivity index (χ2v) is 6.33. The SMILES string of the molecule is C[C@@H](NC(=O)[C@@H](C)Oc1ccc2c(-c3ccccc3)cc(=O)oc2c1)C(=O)O. The topological polar surface area (TPSA) is 106 Å². The molecule has 0 spiro atoms. The molecule has 1 heterocycles. The Kier molecular flexibility index (Phi) is 5.44. The van der Waals surface area contributed by atoms with Crippen molar-refractivity contribution in [2.75, 3.05) is 0 Å². The summed E-state index contributed by atoms with van der Waals surface area (Å²) in [6.07, 6.45) is -0.928. The van der Waals surface area contributed by atoms with Gasteiger partial charge >= 0.3 is 11.6 Å². The number of aliphatic carboxylic acids is 1. The number of hydrogen-bond donors (Lipinski definition) is 2. The average Bonchev–Trinajstić information content (AvgIpc) is 2.67. The molecular formula is C21H19NO6. The highest BCUT2D eigenvalue weighted by Gasteiger charge is 2.20. The van der Waals surface area contributed by atoms with Crippen LogP contribution in [0.3, 0.4) is 0 Å². The summed E-state index contributed by atoms with van der Waals surface area (Å²) >= 11 is 0. The van der Waals surface area contributed by atoms with Gasteiger partial charge < -0.3 is 19.6 Å². The smallest absolute Gasteiger partial charge is 0.336 e. The largest absolute Gasteiger partial charge is 0.481 e. The van der Waals surface area contributed by atoms with Crippen LogP contribution in [0.25, 0.3) is 22.1 Å². The first kappa shape index (κ1) is 19.2. The molecule has 0 bridgehead atoms. The zero-order chi connectivity index (χ0) is 20.3. The van der Waals surface area contributed by atoms with Gasteiger partial charge in [-0.1, -0.05) is 30.3 Å². The maximum atomic E-state index is 12.0. The highest BCUT2D eigenvalue weighted by Crippen LogP contribution is 2.29. The van der Waals surface area contributed by atoms with Crippen molar-refractivity contribution in [1.29, 1.82) is 0 Å². The van der Waals surface area contributed by atoms with Gasteiger partial charge in [-0.05, 0) is 37.1 Å². The van der Waals surface area contributed by atoms with Gasteiger partial charge in [0.25, 0.3) is 5.91 Å². The molecule has 3 aromatic rings. The molecule has 2 atom stereocenters. The van der Waals surface area contributed by atoms with Gasteiger partial charge in [0.2, 0.25) is 0 Å². The van der Waals surface area contributed by atoms with Crippen LogP contribution < -0.4 is 15.7 Å². The van der Waals surface area contributed by atoms with E-state index in [1.54, 1.807) is 12.1 Å². The molecule has 0 unspecified atom stereocenters. The molecule has 3 rings (SSSR count). The number of carbonyl (C=O) groups is 2. The molecule has 2 N–H and O–H groups in total. The van der Waals surface area contributed by atoms with Crippen LogP contribution in [0.4, 0.5) is 0 Å². The summed E-state index contributed by atoms with van der Waals surface area (Å²) < 4.78 is 10.9. The Balaban J connectivity index is 1.88. The lowest BCUT2D eigenvalue weighted by Crippen LogP contribution is -2.44. The van der Waals surface area contributed by atoms with Crippen molar-refractivity contribution in [2.24, 2.45) is 0 Å². The molecular weight excluding hydrogens is 362 g/mol. The minimum Gasteiger partial charge on any atom is -0.481 e. The fraction of sp³-hybridized carbons (Fsp3) is 0.190. The Hall–Kier alpha value is -3.61. The predicted octanol–water partition coefficient (Wildman–Crippen LogP) is 2.82. The van der Waals surface area contributed by atoms with Gasteiger partial charge in [0.1, 0.15) is 17.4 Å². The van der Waals surface area contributed by atoms with E-state index in [9.17, 15) is 14.4 Å². The summed E-state index contributed by atoms with van der Waals surface area (Å²) in [4.78, 5) is 34.9. The summed E-state index contributed by atoms with van der Waals surface area (Å²) in [5.74, 6) is -1.37. The lowest BCUT2D eigenvalue weighted by molar-refractivity contribution is -0.142. The van der Waals surface area contributed by atoms with Gasteiger partial charge in [0.15, 0.2) is 6.10 Å². The number of carboxylic acid groups (broad SMARTS) is 1. The minimum atomic E-state index is -1.14. The second kappa shape index (κ2) is 7.96. The zero-order valence-corrected chi connectivity index (χ0v) is 15.3. The molecule has 1 amide bonds. The van der Waals surface area contributed by atoms with Crippen molar-refractivity contribution >= 4 is 22.8 Å². The van der Waals surface area contributed by atoms with Crippen LogP contribution in [0.15, 0.2) is 63.8 Å². The molecule has 1 aromatic heterocycles. The molecule has 7 nitrogen and oxygen atoms in total. The molecule has 2 aromatic carbocycles. The molecule has 144 valence electrons. The summed E-state index contributed by atoms with van der Waals surface area (Å²) in [6, 6.07) is 14.8. The Morgan fingerprint density at radius 3 is 2.46 bits per heavy atom. The minimum absolute atomic E-state index is 0.325. The van der Waals surface area contributed by atoms with E-state index in [2.05, 4.69) is 5.32 Å². The quantitative estimate of drug-likeness (QED) is 0.636. The van der Waals surface area contributed by atoms with E-state index in [-0.39, 0.29) is 0 Å². The number of amides is 1. The molecule has 0 aliphatic rings. The number of carbonyl (C=O) groups excluding carboxylic acids is 1. The number of carboxylic acids is 1. The van der Waals surface area contributed by atoms with E-state index in [0.717, 1.165) is 16.5 Å². The first-order valence-electron chi connectivity index (χ1n) is 8.68. The van der Waals surface area contributed by atoms with E-state index >= 15 is 0 Å². The average molecular weight is 381 g/mol. The fourth-order valence-electron chi connectivity index (χ4n) is 2.72. The molecule has 0 radical (unpaired) electrons. The van der Waals surface area contributed by atoms with Gasteiger partial charge in [-0.2, -0.15) is 0 Å². The standard InChI is InChI=1S/C21H19NO6/c1-12(21(25)26)22-20(24)13(2)27-15-8-9-16-17(14-6-4-3-5-7-14)11-19(23)28-18(16)10-15/h3-13H,1-2H3,(H,22,24)(H,25,26)/t12-,13-/m1/s1. The van der Waals surface area contributed by atoms with Gasteiger partial charge in [0, 0.05) is 17.5 Å². The zero-order valence-electron chi connectivity index (χ0n) is 15.3. The van der Waals surface area contributed by atoms with Crippen molar-refractivity contribution in [3.63, 3.8) is 0 Å². The van der Waals surface area contributed by atoms with Gasteiger partial charge in [-0.3, -0.25) is 9.59 Å². The van der Waals surface area contributed by atoms with E-state index < -0.39 is 29.6 Å². The summed E-state index contributed by atoms with van der Waals surface area (Å²) in [7, 11) is 0. The predicted molar refractivity (Wildman–Crippen MR) is 103 cm³/mol. The number of ether oxygens (including phenoxy) is 1. The first-order valence-corrected chi connectivity index (χ1v) is 8.68. The van der Waals surface area contributed by atoms with Crippen LogP contribution in [0.1, 0.15) is 13.8 Å². The lowest BCUT2D eigenvalue weighted by Gasteiger charge is -2.17. The highest BCUT2D eigenvalue weighted by molar-refractivity contribution is 5.93. The number of rotatable bonds is 6. The van der Waals surface area contributed by atoms with E-state index in [1.807, 2.05) is 30.3 Å². The molecule has 0 aliphatic carbocycles. The summed E-state index contributed by atoms with van der Waals surface area (Å²) in [5.41, 5.74) is 1.45. The molecule has 0 saturated carbocycles. The van der Waals surface area contributed by atoms with Gasteiger partial charge in [-0.25, -0.2) is 4.79 Å². The Bertz CT molecular complexity index is 1070. The Morgan fingerprint density at radius 2 is 1.79 bits per heavy atom. The molecule has 28 heavy (non-hydrogen) atoms. The molecule has 0 aliphatic heterocycles. The third kappa shape index (κ3) is 4.20. The van der Waals surface area contributed by atoms with Crippen LogP contribution in [0.5, 0.6) is 5.75 Å². The van der Waals surface area contributed by atoms with Crippen LogP contribution in [-0.4, -0.2) is 29.1 Å². The van der Waals surface area contributed by atoms with Crippen LogP contribution in [-0.2, 0) is 9.59 Å². The van der Waals surface area contributed by atoms with Gasteiger partial charge in [0.05, 0.1) is 0 Å². The maximum Gasteiger partial charge on any atom is 0.336 e. The third-order valence-corrected chi connectivity index (χ3v) is 4.21. The third-order valence-electron chi connectivity index (χ3n) is 4.21. The van der Waals surface area contributed by atoms with Crippen LogP contribution in [0.2, 0.25) is 0 Å². The van der Waals surface area contributed by atoms with Crippen LogP contribution >= 0.6 is 0 Å². The molecule has 0 fully saturated rings. The van der Waals surface area contributed by atoms with Gasteiger partial charge in [-0.15, -0.1) is 0 Å². The van der Waals surface area contributed by atoms with Crippen molar-refractivity contribution in [2.45, 2.75) is 26.0 Å². The first-order chi connectivity index (χ1) is 13.3. The van der Waals surface area contributed by atoms with E-state index in [0.29, 0.717) is 11.3 Å². The number of nitrogens with one attached hydrogen (secondary N) is 1. The van der Waals surface area contributed by atoms with E-state index in [1.165, 1.54) is 26.0 Å². The summed E-state index contributed by atoms with van der Waals surface area (Å²) in [5, 5.41) is 11.9. The van der Waals surface area contributed by atoms with Crippen molar-refractivity contribution in [3.05, 3.63) is 65.0 Å². The van der Waals surface area contributed by atoms with Crippen LogP contribution in [0, 0.1) is 0 Å². The normalized spacial score (nSPS) is 12.9. The molecule has 7 heteroatoms. The maximum absolute atomic E-state index is 12.0. The molecule has 0 saturated heterocycles. The fourth-order valence-corrected chi connectivity index (χ4v) is 2.72. The number of fused-ring (bicyclic) bond motifs is 1. The number of hydrogen-bond acceptors (Lipinski definition) is 5. The van der Waals surface area contributed by atoms with Crippen molar-refractivity contribution < 1.29 is 23.8 Å². The second-order valence-electron chi connectivity index (χ2n) is 6.33. The lowest BCUT2D eigenvalue weighted by atomic mass is 10.0. The Morgan fingerprint density at radius 1 is 1.07 bits per heavy atom. The van der Waals surface area contributed by atoms with E-state index in [4.69, 9.17) is 14.3 Å². The van der Waals surface area contributed by atoms with Crippen molar-refractivity contribution in [1.82, 2.24) is 5.32 Å². The van der Waals surface area contributed by atoms with Crippen molar-refractivity contribution in [3.8, 4) is 16.9 Å². The monoisotopic (exact) mass is 381 g/mol. The number of benzene rings is 2. The Labute approximate surface area is 160 Å². The highest BCUT2D eigenvalue weighted by atomic mass is 16.5.